The van der Waals surface area contributed by atoms with Crippen LogP contribution in [0.4, 0.5) is 0 Å². The highest BCUT2D eigenvalue weighted by Crippen LogP contribution is 2.29. The molecule has 0 aromatic carbocycles. The molecule has 0 radical (unpaired) electrons. The highest BCUT2D eigenvalue weighted by atomic mass is 16.6. The molecule has 1 aromatic heterocycles. The van der Waals surface area contributed by atoms with E-state index in [0.717, 1.165) is 25.7 Å². The van der Waals surface area contributed by atoms with E-state index in [1.54, 1.807) is 30.7 Å². The second-order valence-corrected chi connectivity index (χ2v) is 14.8. The number of carbonyl (C=O) groups excluding carboxylic acids is 2. The van der Waals surface area contributed by atoms with Crippen molar-refractivity contribution in [3.8, 4) is 5.75 Å². The zero-order valence-corrected chi connectivity index (χ0v) is 32.5. The van der Waals surface area contributed by atoms with Gasteiger partial charge in [-0.2, -0.15) is 4.57 Å². The summed E-state index contributed by atoms with van der Waals surface area (Å²) in [5.41, 5.74) is 0. The van der Waals surface area contributed by atoms with E-state index in [9.17, 15) is 54.3 Å². The normalized spacial score (nSPS) is 16.3. The molecule has 55 heavy (non-hydrogen) atoms. The number of rotatable bonds is 30. The summed E-state index contributed by atoms with van der Waals surface area (Å²) in [5, 5.41) is 68.1. The molecule has 1 heterocycles. The van der Waals surface area contributed by atoms with Crippen LogP contribution in [0.1, 0.15) is 130 Å². The van der Waals surface area contributed by atoms with Gasteiger partial charge in [-0.25, -0.2) is 0 Å². The topological polar surface area (TPSA) is 266 Å². The summed E-state index contributed by atoms with van der Waals surface area (Å²) in [6.07, 6.45) is 3.01. The van der Waals surface area contributed by atoms with Gasteiger partial charge >= 0.3 is 35.8 Å². The minimum Gasteiger partial charge on any atom is -0.503 e. The van der Waals surface area contributed by atoms with Crippen LogP contribution in [0.2, 0.25) is 0 Å². The number of aromatic nitrogens is 1. The number of hydrogen-bond donors (Lipinski definition) is 7. The maximum atomic E-state index is 13.1. The second kappa shape index (κ2) is 25.7. The van der Waals surface area contributed by atoms with Gasteiger partial charge in [0.05, 0.1) is 43.6 Å². The lowest BCUT2D eigenvalue weighted by atomic mass is 9.87. The van der Waals surface area contributed by atoms with Gasteiger partial charge in [-0.05, 0) is 37.2 Å². The van der Waals surface area contributed by atoms with E-state index in [2.05, 4.69) is 0 Å². The van der Waals surface area contributed by atoms with Gasteiger partial charge in [-0.1, -0.05) is 65.7 Å². The van der Waals surface area contributed by atoms with Crippen LogP contribution in [0.3, 0.4) is 0 Å². The van der Waals surface area contributed by atoms with Gasteiger partial charge in [0.15, 0.2) is 18.0 Å². The third-order valence-electron chi connectivity index (χ3n) is 9.82. The molecule has 0 fully saturated rings. The van der Waals surface area contributed by atoms with Gasteiger partial charge in [0, 0.05) is 19.4 Å². The van der Waals surface area contributed by atoms with Crippen molar-refractivity contribution >= 4 is 35.8 Å². The Bertz CT molecular complexity index is 1370. The Balaban J connectivity index is 2.98. The third-order valence-corrected chi connectivity index (χ3v) is 9.82. The number of aliphatic carboxylic acids is 4. The quantitative estimate of drug-likeness (QED) is 0.0322. The number of hydrogen-bond acceptors (Lipinski definition) is 11. The lowest BCUT2D eigenvalue weighted by molar-refractivity contribution is -0.727. The summed E-state index contributed by atoms with van der Waals surface area (Å²) in [6, 6.07) is 2.84. The zero-order chi connectivity index (χ0) is 41.7. The minimum absolute atomic E-state index is 0.0697. The molecule has 1 rings (SSSR count). The number of pyridine rings is 1. The molecule has 16 heteroatoms. The average molecular weight is 785 g/mol. The highest BCUT2D eigenvalue weighted by Gasteiger charge is 2.37. The first-order valence-corrected chi connectivity index (χ1v) is 19.2. The molecule has 0 unspecified atom stereocenters. The van der Waals surface area contributed by atoms with Crippen molar-refractivity contribution in [2.24, 2.45) is 23.7 Å². The molecule has 0 aliphatic heterocycles. The number of carboxylic acids is 4. The Kier molecular flexibility index (Phi) is 22.8. The van der Waals surface area contributed by atoms with Gasteiger partial charge in [0.1, 0.15) is 18.3 Å². The van der Waals surface area contributed by atoms with Crippen molar-refractivity contribution in [3.63, 3.8) is 0 Å². The SMILES string of the molecule is CCCC[C@@H](C)[C@@H](OC(=O)C[C@@H](CC(=O)O)C(=O)O)[C@H](C[C@@H](C)CCCCCC[C@@H](O)C[C@H](O)[C@H](C)[n+]1cccc(O)c1)OC(=O)C[C@@H](CC(=O)O)C(=O)O. The van der Waals surface area contributed by atoms with E-state index in [1.807, 2.05) is 13.8 Å². The molecular weight excluding hydrogens is 722 g/mol. The molecule has 1 aromatic rings. The van der Waals surface area contributed by atoms with Gasteiger partial charge in [-0.15, -0.1) is 0 Å². The summed E-state index contributed by atoms with van der Waals surface area (Å²) in [7, 11) is 0. The highest BCUT2D eigenvalue weighted by molar-refractivity contribution is 5.83. The summed E-state index contributed by atoms with van der Waals surface area (Å²) in [6.45, 7) is 7.43. The number of unbranched alkanes of at least 4 members (excludes halogenated alkanes) is 4. The van der Waals surface area contributed by atoms with Crippen LogP contribution >= 0.6 is 0 Å². The fourth-order valence-corrected chi connectivity index (χ4v) is 6.50. The number of nitrogens with zero attached hydrogens (tertiary/aromatic N) is 1. The fourth-order valence-electron chi connectivity index (χ4n) is 6.50. The number of aromatic hydroxyl groups is 1. The van der Waals surface area contributed by atoms with Crippen LogP contribution in [-0.2, 0) is 38.2 Å². The summed E-state index contributed by atoms with van der Waals surface area (Å²) in [4.78, 5) is 72.0. The van der Waals surface area contributed by atoms with Gasteiger partial charge < -0.3 is 45.2 Å². The standard InChI is InChI=1S/C39H61NO15/c1-5-6-13-25(3)37(55-36(49)21-28(39(52)53)19-34(46)47)32(54-35(48)20-27(38(50)51)18-33(44)45)17-24(2)12-9-7-8-10-14-29(41)22-31(43)26(4)40-16-11-15-30(42)23-40/h11,15-16,23-29,31-32,37,41,43H,5-10,12-14,17-22H2,1-4H3,(H4-,42,44,45,46,47,50,51,52,53)/p+1/t24-,25+,26-,27+,28+,29+,31-,32-,37+/m0/s1. The average Bonchev–Trinajstić information content (AvgIpc) is 3.09. The lowest BCUT2D eigenvalue weighted by Crippen LogP contribution is -2.44. The molecule has 0 amide bonds. The first-order chi connectivity index (χ1) is 25.8. The van der Waals surface area contributed by atoms with Crippen LogP contribution in [0.5, 0.6) is 5.75 Å². The van der Waals surface area contributed by atoms with Crippen molar-refractivity contribution in [1.82, 2.24) is 0 Å². The Morgan fingerprint density at radius 1 is 0.709 bits per heavy atom. The Morgan fingerprint density at radius 2 is 1.25 bits per heavy atom. The summed E-state index contributed by atoms with van der Waals surface area (Å²) in [5.74, 6) is -11.4. The number of ether oxygens (including phenoxy) is 2. The molecule has 0 aliphatic rings. The first-order valence-electron chi connectivity index (χ1n) is 19.2. The van der Waals surface area contributed by atoms with Gasteiger partial charge in [-0.3, -0.25) is 28.8 Å². The zero-order valence-electron chi connectivity index (χ0n) is 32.5. The molecule has 312 valence electrons. The number of aliphatic hydroxyl groups excluding tert-OH is 2. The monoisotopic (exact) mass is 784 g/mol. The van der Waals surface area contributed by atoms with Crippen molar-refractivity contribution in [3.05, 3.63) is 24.5 Å². The molecule has 0 spiro atoms. The van der Waals surface area contributed by atoms with Crippen molar-refractivity contribution < 1.29 is 78.6 Å². The smallest absolute Gasteiger partial charge is 0.307 e. The Hall–Kier alpha value is -4.31. The first kappa shape index (κ1) is 48.7. The molecule has 0 saturated heterocycles. The molecular formula is C39H62NO15+. The predicted molar refractivity (Wildman–Crippen MR) is 196 cm³/mol. The molecule has 0 saturated carbocycles. The van der Waals surface area contributed by atoms with E-state index < -0.39 is 104 Å². The van der Waals surface area contributed by atoms with Gasteiger partial charge in [0.25, 0.3) is 0 Å². The largest absolute Gasteiger partial charge is 0.503 e. The van der Waals surface area contributed by atoms with E-state index in [0.29, 0.717) is 32.1 Å². The third kappa shape index (κ3) is 20.3. The molecule has 9 atom stereocenters. The summed E-state index contributed by atoms with van der Waals surface area (Å²) < 4.78 is 13.2. The maximum absolute atomic E-state index is 13.1. The minimum atomic E-state index is -1.56. The molecule has 0 bridgehead atoms. The van der Waals surface area contributed by atoms with Crippen LogP contribution in [0, 0.1) is 23.7 Å². The van der Waals surface area contributed by atoms with Crippen LogP contribution in [-0.4, -0.2) is 96.0 Å². The number of esters is 2. The van der Waals surface area contributed by atoms with E-state index >= 15 is 0 Å². The molecule has 7 N–H and O–H groups in total. The van der Waals surface area contributed by atoms with Crippen LogP contribution in [0.25, 0.3) is 0 Å². The fraction of sp³-hybridized carbons (Fsp3) is 0.718. The maximum Gasteiger partial charge on any atom is 0.307 e. The Labute approximate surface area is 322 Å². The second-order valence-electron chi connectivity index (χ2n) is 14.8. The van der Waals surface area contributed by atoms with Crippen LogP contribution < -0.4 is 4.57 Å². The van der Waals surface area contributed by atoms with Crippen LogP contribution in [0.15, 0.2) is 24.5 Å². The Morgan fingerprint density at radius 3 is 1.76 bits per heavy atom. The molecule has 0 aliphatic carbocycles. The molecule has 16 nitrogen and oxygen atoms in total. The van der Waals surface area contributed by atoms with E-state index in [4.69, 9.17) is 19.7 Å². The van der Waals surface area contributed by atoms with Crippen molar-refractivity contribution in [2.75, 3.05) is 0 Å². The van der Waals surface area contributed by atoms with E-state index in [1.165, 1.54) is 12.3 Å². The number of carboxylic acid groups (broad SMARTS) is 4. The predicted octanol–water partition coefficient (Wildman–Crippen LogP) is 4.50. The van der Waals surface area contributed by atoms with Crippen molar-refractivity contribution in [1.29, 1.82) is 0 Å². The summed E-state index contributed by atoms with van der Waals surface area (Å²) >= 11 is 0. The van der Waals surface area contributed by atoms with E-state index in [-0.39, 0.29) is 30.6 Å². The lowest BCUT2D eigenvalue weighted by Gasteiger charge is -2.33. The number of carbonyl (C=O) groups is 6. The number of aliphatic hydroxyl groups is 2. The van der Waals surface area contributed by atoms with Gasteiger partial charge in [0.2, 0.25) is 6.20 Å². The van der Waals surface area contributed by atoms with Crippen molar-refractivity contribution in [2.45, 2.75) is 154 Å².